The molecule has 4 saturated carbocycles. The lowest BCUT2D eigenvalue weighted by molar-refractivity contribution is -0.0980. The van der Waals surface area contributed by atoms with Crippen LogP contribution in [0.2, 0.25) is 0 Å². The first kappa shape index (κ1) is 12.5. The van der Waals surface area contributed by atoms with Gasteiger partial charge in [0.15, 0.2) is 0 Å². The van der Waals surface area contributed by atoms with Crippen LogP contribution in [0.15, 0.2) is 0 Å². The third kappa shape index (κ3) is 1.49. The highest BCUT2D eigenvalue weighted by Crippen LogP contribution is 2.66. The Morgan fingerprint density at radius 1 is 0.900 bits per heavy atom. The first-order chi connectivity index (χ1) is 9.60. The number of rotatable bonds is 0. The van der Waals surface area contributed by atoms with Gasteiger partial charge >= 0.3 is 0 Å². The van der Waals surface area contributed by atoms with Crippen molar-refractivity contribution >= 4 is 0 Å². The summed E-state index contributed by atoms with van der Waals surface area (Å²) >= 11 is 0. The molecule has 1 nitrogen and oxygen atoms in total. The van der Waals surface area contributed by atoms with Crippen LogP contribution < -0.4 is 5.32 Å². The van der Waals surface area contributed by atoms with E-state index in [1.54, 1.807) is 32.1 Å². The third-order valence-corrected chi connectivity index (χ3v) is 8.85. The van der Waals surface area contributed by atoms with Crippen molar-refractivity contribution in [2.75, 3.05) is 0 Å². The molecule has 0 bridgehead atoms. The van der Waals surface area contributed by atoms with Gasteiger partial charge in [-0.3, -0.25) is 0 Å². The zero-order valence-electron chi connectivity index (χ0n) is 13.3. The maximum absolute atomic E-state index is 3.76. The van der Waals surface area contributed by atoms with Gasteiger partial charge in [-0.1, -0.05) is 20.3 Å². The van der Waals surface area contributed by atoms with Gasteiger partial charge in [0.05, 0.1) is 0 Å². The highest BCUT2D eigenvalue weighted by molar-refractivity contribution is 5.14. The standard InChI is InChI=1S/C19H31N/c1-18-8-3-4-14(18)13-6-5-12-10-16-17(20-16)11-19(12,2)15(13)7-9-18/h12-17,20H,3-11H2,1-2H3/t12-,13-,14-,15-,16?,17?,18-,19-/m0/s1. The van der Waals surface area contributed by atoms with Crippen LogP contribution in [-0.2, 0) is 0 Å². The smallest absolute Gasteiger partial charge is 0.0230 e. The van der Waals surface area contributed by atoms with Crippen LogP contribution in [0.25, 0.3) is 0 Å². The second-order valence-corrected chi connectivity index (χ2v) is 9.56. The lowest BCUT2D eigenvalue weighted by Crippen LogP contribution is -2.52. The fraction of sp³-hybridized carbons (Fsp3) is 1.00. The summed E-state index contributed by atoms with van der Waals surface area (Å²) in [6, 6.07) is 1.83. The Labute approximate surface area is 124 Å². The monoisotopic (exact) mass is 273 g/mol. The molecule has 2 unspecified atom stereocenters. The Morgan fingerprint density at radius 2 is 1.80 bits per heavy atom. The van der Waals surface area contributed by atoms with Crippen molar-refractivity contribution in [1.29, 1.82) is 0 Å². The van der Waals surface area contributed by atoms with Gasteiger partial charge in [-0.15, -0.1) is 0 Å². The van der Waals surface area contributed by atoms with Crippen molar-refractivity contribution in [3.8, 4) is 0 Å². The summed E-state index contributed by atoms with van der Waals surface area (Å²) in [6.07, 6.45) is 13.9. The molecule has 0 amide bonds. The van der Waals surface area contributed by atoms with E-state index >= 15 is 0 Å². The molecule has 112 valence electrons. The Bertz CT molecular complexity index is 431. The van der Waals surface area contributed by atoms with Gasteiger partial charge in [-0.05, 0) is 85.9 Å². The van der Waals surface area contributed by atoms with Crippen LogP contribution in [0.4, 0.5) is 0 Å². The fourth-order valence-corrected chi connectivity index (χ4v) is 7.67. The molecular formula is C19H31N. The summed E-state index contributed by atoms with van der Waals surface area (Å²) in [7, 11) is 0. The van der Waals surface area contributed by atoms with Crippen molar-refractivity contribution in [1.82, 2.24) is 5.32 Å². The van der Waals surface area contributed by atoms with Crippen LogP contribution in [0.3, 0.4) is 0 Å². The maximum Gasteiger partial charge on any atom is 0.0230 e. The first-order valence-corrected chi connectivity index (χ1v) is 9.36. The van der Waals surface area contributed by atoms with Crippen LogP contribution >= 0.6 is 0 Å². The molecule has 0 aromatic heterocycles. The van der Waals surface area contributed by atoms with E-state index in [9.17, 15) is 0 Å². The van der Waals surface area contributed by atoms with Gasteiger partial charge in [0.25, 0.3) is 0 Å². The molecule has 4 aliphatic carbocycles. The molecule has 5 fully saturated rings. The van der Waals surface area contributed by atoms with E-state index in [1.165, 1.54) is 25.7 Å². The quantitative estimate of drug-likeness (QED) is 0.650. The zero-order valence-corrected chi connectivity index (χ0v) is 13.3. The molecule has 1 aliphatic heterocycles. The Balaban J connectivity index is 1.48. The van der Waals surface area contributed by atoms with Crippen molar-refractivity contribution < 1.29 is 0 Å². The number of hydrogen-bond acceptors (Lipinski definition) is 1. The average molecular weight is 273 g/mol. The summed E-state index contributed by atoms with van der Waals surface area (Å²) in [6.45, 7) is 5.33. The molecule has 8 atom stereocenters. The van der Waals surface area contributed by atoms with Gasteiger partial charge in [0.2, 0.25) is 0 Å². The molecule has 20 heavy (non-hydrogen) atoms. The third-order valence-electron chi connectivity index (χ3n) is 8.85. The van der Waals surface area contributed by atoms with E-state index in [-0.39, 0.29) is 0 Å². The molecule has 5 aliphatic rings. The largest absolute Gasteiger partial charge is 0.308 e. The molecule has 1 saturated heterocycles. The Hall–Kier alpha value is -0.0400. The molecule has 1 heterocycles. The molecule has 0 aromatic rings. The molecule has 0 aromatic carbocycles. The molecule has 1 N–H and O–H groups in total. The number of nitrogens with one attached hydrogen (secondary N) is 1. The van der Waals surface area contributed by atoms with Gasteiger partial charge in [-0.25, -0.2) is 0 Å². The van der Waals surface area contributed by atoms with Gasteiger partial charge in [0, 0.05) is 12.1 Å². The highest BCUT2D eigenvalue weighted by Gasteiger charge is 2.61. The molecular weight excluding hydrogens is 242 g/mol. The number of fused-ring (bicyclic) bond motifs is 6. The van der Waals surface area contributed by atoms with Crippen LogP contribution in [0.5, 0.6) is 0 Å². The van der Waals surface area contributed by atoms with Gasteiger partial charge in [-0.2, -0.15) is 0 Å². The Kier molecular flexibility index (Phi) is 2.39. The van der Waals surface area contributed by atoms with Gasteiger partial charge < -0.3 is 5.32 Å². The second-order valence-electron chi connectivity index (χ2n) is 9.56. The van der Waals surface area contributed by atoms with Crippen LogP contribution in [-0.4, -0.2) is 12.1 Å². The van der Waals surface area contributed by atoms with E-state index in [2.05, 4.69) is 19.2 Å². The van der Waals surface area contributed by atoms with E-state index < -0.39 is 0 Å². The molecule has 0 spiro atoms. The highest BCUT2D eigenvalue weighted by atomic mass is 15.2. The summed E-state index contributed by atoms with van der Waals surface area (Å²) in [5.41, 5.74) is 1.43. The van der Waals surface area contributed by atoms with Crippen LogP contribution in [0.1, 0.15) is 71.6 Å². The summed E-state index contributed by atoms with van der Waals surface area (Å²) in [5.74, 6) is 4.29. The summed E-state index contributed by atoms with van der Waals surface area (Å²) in [5, 5.41) is 3.76. The molecule has 5 rings (SSSR count). The SMILES string of the molecule is C[C@@]12CCC[C@H]1[C@@H]1CC[C@H]3CC4NC4C[C@]3(C)[C@H]1CC2. The maximum atomic E-state index is 3.76. The van der Waals surface area contributed by atoms with Gasteiger partial charge in [0.1, 0.15) is 0 Å². The first-order valence-electron chi connectivity index (χ1n) is 9.36. The zero-order chi connectivity index (χ0) is 13.5. The minimum Gasteiger partial charge on any atom is -0.308 e. The van der Waals surface area contributed by atoms with E-state index in [4.69, 9.17) is 0 Å². The lowest BCUT2D eigenvalue weighted by Gasteiger charge is -2.59. The van der Waals surface area contributed by atoms with Crippen molar-refractivity contribution in [2.24, 2.45) is 34.5 Å². The number of hydrogen-bond donors (Lipinski definition) is 1. The second kappa shape index (κ2) is 3.83. The molecule has 1 heteroatoms. The summed E-state index contributed by atoms with van der Waals surface area (Å²) < 4.78 is 0. The minimum absolute atomic E-state index is 0.692. The minimum atomic E-state index is 0.692. The summed E-state index contributed by atoms with van der Waals surface area (Å²) in [4.78, 5) is 0. The van der Waals surface area contributed by atoms with E-state index in [1.807, 2.05) is 0 Å². The van der Waals surface area contributed by atoms with E-state index in [0.29, 0.717) is 5.41 Å². The predicted molar refractivity (Wildman–Crippen MR) is 82.4 cm³/mol. The molecule has 0 radical (unpaired) electrons. The Morgan fingerprint density at radius 3 is 2.70 bits per heavy atom. The predicted octanol–water partition coefficient (Wildman–Crippen LogP) is 4.37. The topological polar surface area (TPSA) is 21.9 Å². The average Bonchev–Trinajstić information content (AvgIpc) is 3.03. The fourth-order valence-electron chi connectivity index (χ4n) is 7.67. The lowest BCUT2D eigenvalue weighted by atomic mass is 9.45. The van der Waals surface area contributed by atoms with Crippen LogP contribution in [0, 0.1) is 34.5 Å². The van der Waals surface area contributed by atoms with E-state index in [0.717, 1.165) is 41.2 Å². The van der Waals surface area contributed by atoms with Crippen molar-refractivity contribution in [3.05, 3.63) is 0 Å². The van der Waals surface area contributed by atoms with Crippen molar-refractivity contribution in [2.45, 2.75) is 83.7 Å². The normalized spacial score (nSPS) is 63.9. The van der Waals surface area contributed by atoms with Crippen molar-refractivity contribution in [3.63, 3.8) is 0 Å².